The Morgan fingerprint density at radius 1 is 1.30 bits per heavy atom. The van der Waals surface area contributed by atoms with E-state index in [0.717, 1.165) is 11.8 Å². The molecule has 2 rings (SSSR count). The molecule has 0 N–H and O–H groups in total. The molecule has 3 unspecified atom stereocenters. The normalized spacial score (nSPS) is 45.3. The van der Waals surface area contributed by atoms with Crippen molar-refractivity contribution in [3.05, 3.63) is 0 Å². The predicted molar refractivity (Wildman–Crippen MR) is 40.8 cm³/mol. The van der Waals surface area contributed by atoms with Gasteiger partial charge < -0.3 is 4.74 Å². The molecule has 1 aliphatic heterocycles. The first kappa shape index (κ1) is 6.66. The van der Waals surface area contributed by atoms with Crippen LogP contribution in [0.5, 0.6) is 0 Å². The molecule has 1 nitrogen and oxygen atoms in total. The van der Waals surface area contributed by atoms with Crippen LogP contribution in [0.2, 0.25) is 0 Å². The summed E-state index contributed by atoms with van der Waals surface area (Å²) in [6.45, 7) is 4.63. The van der Waals surface area contributed by atoms with Gasteiger partial charge in [0.25, 0.3) is 0 Å². The Morgan fingerprint density at radius 2 is 2.10 bits per heavy atom. The highest BCUT2D eigenvalue weighted by molar-refractivity contribution is 4.95. The van der Waals surface area contributed by atoms with Crippen LogP contribution in [0.1, 0.15) is 33.1 Å². The molecular weight excluding hydrogens is 124 g/mol. The van der Waals surface area contributed by atoms with E-state index in [-0.39, 0.29) is 0 Å². The molecule has 1 aliphatic carbocycles. The van der Waals surface area contributed by atoms with Gasteiger partial charge in [-0.2, -0.15) is 0 Å². The zero-order chi connectivity index (χ0) is 7.14. The Kier molecular flexibility index (Phi) is 1.48. The summed E-state index contributed by atoms with van der Waals surface area (Å²) in [6, 6.07) is 0. The van der Waals surface area contributed by atoms with Gasteiger partial charge in [-0.05, 0) is 24.7 Å². The number of rotatable bonds is 1. The van der Waals surface area contributed by atoms with Crippen molar-refractivity contribution in [2.45, 2.75) is 45.3 Å². The molecule has 0 aromatic heterocycles. The second-order valence-electron chi connectivity index (χ2n) is 3.98. The van der Waals surface area contributed by atoms with Crippen molar-refractivity contribution in [1.82, 2.24) is 0 Å². The summed E-state index contributed by atoms with van der Waals surface area (Å²) >= 11 is 0. The second kappa shape index (κ2) is 2.23. The molecule has 0 spiro atoms. The van der Waals surface area contributed by atoms with Gasteiger partial charge >= 0.3 is 0 Å². The van der Waals surface area contributed by atoms with Gasteiger partial charge in [0.1, 0.15) is 0 Å². The van der Waals surface area contributed by atoms with Crippen molar-refractivity contribution in [3.8, 4) is 0 Å². The van der Waals surface area contributed by atoms with Crippen LogP contribution in [-0.4, -0.2) is 12.2 Å². The third kappa shape index (κ3) is 0.968. The van der Waals surface area contributed by atoms with Crippen molar-refractivity contribution in [2.75, 3.05) is 0 Å². The lowest BCUT2D eigenvalue weighted by Crippen LogP contribution is -2.21. The average molecular weight is 140 g/mol. The summed E-state index contributed by atoms with van der Waals surface area (Å²) in [6.07, 6.45) is 5.45. The minimum Gasteiger partial charge on any atom is -0.369 e. The maximum atomic E-state index is 5.55. The minimum absolute atomic E-state index is 0.661. The van der Waals surface area contributed by atoms with Crippen LogP contribution in [-0.2, 0) is 4.74 Å². The van der Waals surface area contributed by atoms with Crippen molar-refractivity contribution in [1.29, 1.82) is 0 Å². The number of ether oxygens (including phenoxy) is 1. The fourth-order valence-electron chi connectivity index (χ4n) is 2.20. The topological polar surface area (TPSA) is 12.5 Å². The maximum absolute atomic E-state index is 5.55. The fraction of sp³-hybridized carbons (Fsp3) is 1.00. The molecule has 1 saturated heterocycles. The van der Waals surface area contributed by atoms with Crippen molar-refractivity contribution >= 4 is 0 Å². The molecule has 2 fully saturated rings. The monoisotopic (exact) mass is 140 g/mol. The van der Waals surface area contributed by atoms with Crippen LogP contribution in [0.4, 0.5) is 0 Å². The van der Waals surface area contributed by atoms with E-state index in [9.17, 15) is 0 Å². The fourth-order valence-corrected chi connectivity index (χ4v) is 2.20. The molecule has 0 aromatic carbocycles. The van der Waals surface area contributed by atoms with E-state index < -0.39 is 0 Å². The summed E-state index contributed by atoms with van der Waals surface area (Å²) in [5.41, 5.74) is 0. The first-order valence-electron chi connectivity index (χ1n) is 4.44. The molecular formula is C9H16O. The highest BCUT2D eigenvalue weighted by Gasteiger charge is 2.47. The van der Waals surface area contributed by atoms with Gasteiger partial charge in [-0.1, -0.05) is 20.3 Å². The van der Waals surface area contributed by atoms with Crippen molar-refractivity contribution in [2.24, 2.45) is 11.8 Å². The third-order valence-electron chi connectivity index (χ3n) is 2.93. The first-order chi connectivity index (χ1) is 4.79. The van der Waals surface area contributed by atoms with E-state index >= 15 is 0 Å². The summed E-state index contributed by atoms with van der Waals surface area (Å²) < 4.78 is 5.55. The molecule has 2 aliphatic rings. The Labute approximate surface area is 62.8 Å². The number of epoxide rings is 1. The van der Waals surface area contributed by atoms with Crippen LogP contribution in [0, 0.1) is 11.8 Å². The van der Waals surface area contributed by atoms with E-state index in [0.29, 0.717) is 12.2 Å². The Hall–Kier alpha value is -0.0400. The standard InChI is InChI=1S/C9H16O/c1-6(2)7-4-3-5-8-9(7)10-8/h6-9H,3-5H2,1-2H3. The molecule has 10 heavy (non-hydrogen) atoms. The molecule has 58 valence electrons. The number of hydrogen-bond acceptors (Lipinski definition) is 1. The SMILES string of the molecule is CC(C)C1CCCC2OC21. The van der Waals surface area contributed by atoms with E-state index in [1.54, 1.807) is 0 Å². The van der Waals surface area contributed by atoms with Crippen molar-refractivity contribution in [3.63, 3.8) is 0 Å². The summed E-state index contributed by atoms with van der Waals surface area (Å²) in [5.74, 6) is 1.70. The molecule has 1 heterocycles. The van der Waals surface area contributed by atoms with Crippen LogP contribution in [0.15, 0.2) is 0 Å². The molecule has 1 heteroatoms. The molecule has 0 bridgehead atoms. The Balaban J connectivity index is 1.96. The maximum Gasteiger partial charge on any atom is 0.0872 e. The summed E-state index contributed by atoms with van der Waals surface area (Å²) in [7, 11) is 0. The zero-order valence-electron chi connectivity index (χ0n) is 6.84. The quantitative estimate of drug-likeness (QED) is 0.509. The van der Waals surface area contributed by atoms with Gasteiger partial charge in [-0.15, -0.1) is 0 Å². The lowest BCUT2D eigenvalue weighted by Gasteiger charge is -2.21. The lowest BCUT2D eigenvalue weighted by atomic mass is 9.82. The van der Waals surface area contributed by atoms with E-state index in [2.05, 4.69) is 13.8 Å². The minimum atomic E-state index is 0.661. The van der Waals surface area contributed by atoms with Gasteiger partial charge in [0.2, 0.25) is 0 Å². The summed E-state index contributed by atoms with van der Waals surface area (Å²) in [4.78, 5) is 0. The van der Waals surface area contributed by atoms with Gasteiger partial charge in [0.05, 0.1) is 12.2 Å². The molecule has 1 saturated carbocycles. The van der Waals surface area contributed by atoms with Crippen LogP contribution in [0.25, 0.3) is 0 Å². The van der Waals surface area contributed by atoms with Gasteiger partial charge in [-0.3, -0.25) is 0 Å². The first-order valence-corrected chi connectivity index (χ1v) is 4.44. The highest BCUT2D eigenvalue weighted by atomic mass is 16.6. The van der Waals surface area contributed by atoms with Crippen LogP contribution < -0.4 is 0 Å². The van der Waals surface area contributed by atoms with E-state index in [4.69, 9.17) is 4.74 Å². The van der Waals surface area contributed by atoms with Gasteiger partial charge in [-0.25, -0.2) is 0 Å². The smallest absolute Gasteiger partial charge is 0.0872 e. The average Bonchev–Trinajstić information content (AvgIpc) is 2.63. The molecule has 0 aromatic rings. The number of hydrogen-bond donors (Lipinski definition) is 0. The molecule has 0 radical (unpaired) electrons. The Morgan fingerprint density at radius 3 is 2.70 bits per heavy atom. The zero-order valence-corrected chi connectivity index (χ0v) is 6.84. The van der Waals surface area contributed by atoms with Crippen LogP contribution >= 0.6 is 0 Å². The van der Waals surface area contributed by atoms with Gasteiger partial charge in [0.15, 0.2) is 0 Å². The lowest BCUT2D eigenvalue weighted by molar-refractivity contribution is 0.262. The largest absolute Gasteiger partial charge is 0.369 e. The van der Waals surface area contributed by atoms with E-state index in [1.165, 1.54) is 19.3 Å². The van der Waals surface area contributed by atoms with Gasteiger partial charge in [0, 0.05) is 0 Å². The van der Waals surface area contributed by atoms with Crippen LogP contribution in [0.3, 0.4) is 0 Å². The Bertz CT molecular complexity index is 131. The molecule has 0 amide bonds. The third-order valence-corrected chi connectivity index (χ3v) is 2.93. The molecule has 3 atom stereocenters. The summed E-state index contributed by atoms with van der Waals surface area (Å²) in [5, 5.41) is 0. The van der Waals surface area contributed by atoms with Crippen molar-refractivity contribution < 1.29 is 4.74 Å². The van der Waals surface area contributed by atoms with E-state index in [1.807, 2.05) is 0 Å². The predicted octanol–water partition coefficient (Wildman–Crippen LogP) is 2.21. The number of fused-ring (bicyclic) bond motifs is 1. The highest BCUT2D eigenvalue weighted by Crippen LogP contribution is 2.43. The second-order valence-corrected chi connectivity index (χ2v) is 3.98.